The van der Waals surface area contributed by atoms with E-state index in [0.717, 1.165) is 17.4 Å². The molecule has 1 aromatic heterocycles. The summed E-state index contributed by atoms with van der Waals surface area (Å²) in [7, 11) is 4.09. The molecule has 0 amide bonds. The summed E-state index contributed by atoms with van der Waals surface area (Å²) in [5.41, 5.74) is 0.889. The highest BCUT2D eigenvalue weighted by atomic mass is 32.1. The van der Waals surface area contributed by atoms with Gasteiger partial charge in [0, 0.05) is 23.9 Å². The maximum Gasteiger partial charge on any atom is 0.303 e. The van der Waals surface area contributed by atoms with Crippen molar-refractivity contribution in [2.24, 2.45) is 0 Å². The fourth-order valence-corrected chi connectivity index (χ4v) is 1.93. The molecule has 0 spiro atoms. The molecule has 0 aromatic carbocycles. The average molecular weight is 271 g/mol. The highest BCUT2D eigenvalue weighted by Gasteiger charge is 2.20. The van der Waals surface area contributed by atoms with Crippen molar-refractivity contribution in [3.8, 4) is 0 Å². The Labute approximate surface area is 112 Å². The van der Waals surface area contributed by atoms with Gasteiger partial charge in [0.1, 0.15) is 0 Å². The zero-order valence-corrected chi connectivity index (χ0v) is 12.2. The standard InChI is InChI=1S/C12H21N3O2S/c1-12(2,15(3)4)8-13-11-14-9(7-18-11)5-6-10(16)17/h7H,5-6,8H2,1-4H3,(H,13,14)(H,16,17). The Morgan fingerprint density at radius 3 is 2.78 bits per heavy atom. The van der Waals surface area contributed by atoms with Gasteiger partial charge in [0.2, 0.25) is 0 Å². The lowest BCUT2D eigenvalue weighted by molar-refractivity contribution is -0.136. The van der Waals surface area contributed by atoms with Crippen molar-refractivity contribution >= 4 is 22.4 Å². The number of thiazole rings is 1. The Kier molecular flexibility index (Phi) is 5.10. The van der Waals surface area contributed by atoms with Crippen LogP contribution in [0.25, 0.3) is 0 Å². The largest absolute Gasteiger partial charge is 0.481 e. The van der Waals surface area contributed by atoms with Crippen molar-refractivity contribution < 1.29 is 9.90 Å². The van der Waals surface area contributed by atoms with E-state index in [1.807, 2.05) is 19.5 Å². The van der Waals surface area contributed by atoms with E-state index in [1.165, 1.54) is 11.3 Å². The number of carboxylic acid groups (broad SMARTS) is 1. The number of aliphatic carboxylic acids is 1. The van der Waals surface area contributed by atoms with Gasteiger partial charge in [-0.3, -0.25) is 4.79 Å². The molecule has 0 radical (unpaired) electrons. The van der Waals surface area contributed by atoms with Crippen LogP contribution in [-0.2, 0) is 11.2 Å². The minimum atomic E-state index is -0.786. The number of likely N-dealkylation sites (N-methyl/N-ethyl adjacent to an activating group) is 1. The Morgan fingerprint density at radius 1 is 1.56 bits per heavy atom. The first-order valence-electron chi connectivity index (χ1n) is 5.89. The highest BCUT2D eigenvalue weighted by molar-refractivity contribution is 7.13. The van der Waals surface area contributed by atoms with Gasteiger partial charge in [-0.15, -0.1) is 11.3 Å². The summed E-state index contributed by atoms with van der Waals surface area (Å²) in [6.45, 7) is 5.10. The molecule has 2 N–H and O–H groups in total. The number of rotatable bonds is 7. The zero-order valence-electron chi connectivity index (χ0n) is 11.4. The number of aromatic nitrogens is 1. The van der Waals surface area contributed by atoms with Crippen LogP contribution in [0, 0.1) is 0 Å². The average Bonchev–Trinajstić information content (AvgIpc) is 2.71. The third kappa shape index (κ3) is 4.62. The first-order valence-corrected chi connectivity index (χ1v) is 6.77. The van der Waals surface area contributed by atoms with E-state index in [2.05, 4.69) is 29.0 Å². The molecule has 0 saturated heterocycles. The molecular formula is C12H21N3O2S. The number of hydrogen-bond acceptors (Lipinski definition) is 5. The highest BCUT2D eigenvalue weighted by Crippen LogP contribution is 2.18. The van der Waals surface area contributed by atoms with Crippen molar-refractivity contribution in [2.45, 2.75) is 32.2 Å². The number of nitrogens with zero attached hydrogens (tertiary/aromatic N) is 2. The topological polar surface area (TPSA) is 65.5 Å². The van der Waals surface area contributed by atoms with Crippen LogP contribution in [0.15, 0.2) is 5.38 Å². The number of aryl methyl sites for hydroxylation is 1. The molecule has 1 aromatic rings. The predicted octanol–water partition coefficient (Wildman–Crippen LogP) is 1.91. The van der Waals surface area contributed by atoms with Crippen LogP contribution in [-0.4, -0.2) is 47.1 Å². The molecular weight excluding hydrogens is 250 g/mol. The lowest BCUT2D eigenvalue weighted by Crippen LogP contribution is -2.44. The number of hydrogen-bond donors (Lipinski definition) is 2. The molecule has 1 heterocycles. The molecule has 102 valence electrons. The van der Waals surface area contributed by atoms with E-state index in [0.29, 0.717) is 6.42 Å². The van der Waals surface area contributed by atoms with E-state index in [9.17, 15) is 4.79 Å². The van der Waals surface area contributed by atoms with Crippen molar-refractivity contribution in [2.75, 3.05) is 26.0 Å². The Hall–Kier alpha value is -1.14. The lowest BCUT2D eigenvalue weighted by atomic mass is 10.1. The second-order valence-electron chi connectivity index (χ2n) is 5.10. The van der Waals surface area contributed by atoms with Crippen LogP contribution in [0.1, 0.15) is 26.0 Å². The van der Waals surface area contributed by atoms with Crippen LogP contribution < -0.4 is 5.32 Å². The zero-order chi connectivity index (χ0) is 13.8. The van der Waals surface area contributed by atoms with Crippen LogP contribution >= 0.6 is 11.3 Å². The first-order chi connectivity index (χ1) is 8.31. The molecule has 0 fully saturated rings. The number of nitrogens with one attached hydrogen (secondary N) is 1. The Balaban J connectivity index is 2.47. The molecule has 0 aliphatic rings. The maximum atomic E-state index is 10.5. The molecule has 6 heteroatoms. The lowest BCUT2D eigenvalue weighted by Gasteiger charge is -2.32. The van der Waals surface area contributed by atoms with Gasteiger partial charge in [-0.2, -0.15) is 0 Å². The summed E-state index contributed by atoms with van der Waals surface area (Å²) in [5.74, 6) is -0.786. The van der Waals surface area contributed by atoms with Crippen LogP contribution in [0.4, 0.5) is 5.13 Å². The van der Waals surface area contributed by atoms with Gasteiger partial charge >= 0.3 is 5.97 Å². The maximum absolute atomic E-state index is 10.5. The summed E-state index contributed by atoms with van der Waals surface area (Å²) < 4.78 is 0. The fourth-order valence-electron chi connectivity index (χ4n) is 1.19. The molecule has 1 rings (SSSR count). The van der Waals surface area contributed by atoms with Gasteiger partial charge in [0.15, 0.2) is 5.13 Å². The summed E-state index contributed by atoms with van der Waals surface area (Å²) >= 11 is 1.52. The fraction of sp³-hybridized carbons (Fsp3) is 0.667. The van der Waals surface area contributed by atoms with Gasteiger partial charge in [-0.1, -0.05) is 0 Å². The monoisotopic (exact) mass is 271 g/mol. The van der Waals surface area contributed by atoms with E-state index in [4.69, 9.17) is 5.11 Å². The van der Waals surface area contributed by atoms with Crippen LogP contribution in [0.5, 0.6) is 0 Å². The summed E-state index contributed by atoms with van der Waals surface area (Å²) in [4.78, 5) is 17.0. The second kappa shape index (κ2) is 6.15. The van der Waals surface area contributed by atoms with Crippen molar-refractivity contribution in [3.63, 3.8) is 0 Å². The Bertz CT molecular complexity index is 402. The molecule has 0 saturated carbocycles. The van der Waals surface area contributed by atoms with Gasteiger partial charge in [-0.25, -0.2) is 4.98 Å². The second-order valence-corrected chi connectivity index (χ2v) is 5.96. The van der Waals surface area contributed by atoms with E-state index >= 15 is 0 Å². The summed E-state index contributed by atoms with van der Waals surface area (Å²) in [6.07, 6.45) is 0.622. The molecule has 0 atom stereocenters. The number of carboxylic acids is 1. The molecule has 5 nitrogen and oxygen atoms in total. The predicted molar refractivity (Wildman–Crippen MR) is 74.3 cm³/mol. The number of carbonyl (C=O) groups is 1. The molecule has 0 unspecified atom stereocenters. The van der Waals surface area contributed by atoms with Crippen molar-refractivity contribution in [3.05, 3.63) is 11.1 Å². The van der Waals surface area contributed by atoms with Gasteiger partial charge in [0.25, 0.3) is 0 Å². The van der Waals surface area contributed by atoms with Crippen molar-refractivity contribution in [1.82, 2.24) is 9.88 Å². The van der Waals surface area contributed by atoms with E-state index in [1.54, 1.807) is 0 Å². The van der Waals surface area contributed by atoms with Gasteiger partial charge in [-0.05, 0) is 27.9 Å². The third-order valence-electron chi connectivity index (χ3n) is 3.03. The van der Waals surface area contributed by atoms with Gasteiger partial charge in [0.05, 0.1) is 12.1 Å². The summed E-state index contributed by atoms with van der Waals surface area (Å²) in [6, 6.07) is 0. The third-order valence-corrected chi connectivity index (χ3v) is 3.88. The van der Waals surface area contributed by atoms with E-state index < -0.39 is 5.97 Å². The minimum Gasteiger partial charge on any atom is -0.481 e. The van der Waals surface area contributed by atoms with Crippen LogP contribution in [0.3, 0.4) is 0 Å². The smallest absolute Gasteiger partial charge is 0.303 e. The van der Waals surface area contributed by atoms with E-state index in [-0.39, 0.29) is 12.0 Å². The van der Waals surface area contributed by atoms with Crippen molar-refractivity contribution in [1.29, 1.82) is 0 Å². The molecule has 0 aliphatic heterocycles. The molecule has 18 heavy (non-hydrogen) atoms. The Morgan fingerprint density at radius 2 is 2.22 bits per heavy atom. The minimum absolute atomic E-state index is 0.0485. The quantitative estimate of drug-likeness (QED) is 0.793. The SMILES string of the molecule is CN(C)C(C)(C)CNc1nc(CCC(=O)O)cs1. The van der Waals surface area contributed by atoms with Crippen LogP contribution in [0.2, 0.25) is 0 Å². The van der Waals surface area contributed by atoms with Gasteiger partial charge < -0.3 is 15.3 Å². The number of anilines is 1. The first kappa shape index (κ1) is 14.9. The molecule has 0 aliphatic carbocycles. The normalized spacial score (nSPS) is 11.8. The molecule has 0 bridgehead atoms. The summed E-state index contributed by atoms with van der Waals surface area (Å²) in [5, 5.41) is 14.7.